The first-order valence-corrected chi connectivity index (χ1v) is 12.8. The predicted molar refractivity (Wildman–Crippen MR) is 128 cm³/mol. The van der Waals surface area contributed by atoms with Gasteiger partial charge in [0, 0.05) is 55.5 Å². The lowest BCUT2D eigenvalue weighted by Crippen LogP contribution is -2.48. The molecule has 1 N–H and O–H groups in total. The Morgan fingerprint density at radius 3 is 2.52 bits per heavy atom. The molecule has 2 heterocycles. The van der Waals surface area contributed by atoms with Gasteiger partial charge >= 0.3 is 0 Å². The zero-order valence-electron chi connectivity index (χ0n) is 18.4. The molecule has 0 bridgehead atoms. The first-order valence-electron chi connectivity index (χ1n) is 11.0. The van der Waals surface area contributed by atoms with Crippen molar-refractivity contribution in [3.63, 3.8) is 0 Å². The van der Waals surface area contributed by atoms with E-state index in [1.807, 2.05) is 0 Å². The average Bonchev–Trinajstić information content (AvgIpc) is 3.21. The fourth-order valence-electron chi connectivity index (χ4n) is 4.19. The van der Waals surface area contributed by atoms with Crippen LogP contribution in [0.3, 0.4) is 0 Å². The van der Waals surface area contributed by atoms with Crippen LogP contribution in [0.25, 0.3) is 0 Å². The van der Waals surface area contributed by atoms with Crippen LogP contribution in [0.5, 0.6) is 0 Å². The number of likely N-dealkylation sites (N-methyl/N-ethyl adjacent to an activating group) is 1. The van der Waals surface area contributed by atoms with Gasteiger partial charge in [0.05, 0.1) is 10.8 Å². The molecular formula is C23H27ClN4O4S. The maximum Gasteiger partial charge on any atom is 0.243 e. The summed E-state index contributed by atoms with van der Waals surface area (Å²) in [6.45, 7) is 5.48. The van der Waals surface area contributed by atoms with Crippen molar-refractivity contribution in [1.29, 1.82) is 0 Å². The third kappa shape index (κ3) is 5.22. The quantitative estimate of drug-likeness (QED) is 0.672. The van der Waals surface area contributed by atoms with Gasteiger partial charge in [-0.3, -0.25) is 9.59 Å². The van der Waals surface area contributed by atoms with E-state index in [0.29, 0.717) is 42.6 Å². The van der Waals surface area contributed by atoms with E-state index >= 15 is 0 Å². The Morgan fingerprint density at radius 1 is 1.09 bits per heavy atom. The van der Waals surface area contributed by atoms with Crippen molar-refractivity contribution in [2.75, 3.05) is 49.5 Å². The van der Waals surface area contributed by atoms with Crippen molar-refractivity contribution < 1.29 is 18.0 Å². The van der Waals surface area contributed by atoms with Gasteiger partial charge in [0.1, 0.15) is 0 Å². The van der Waals surface area contributed by atoms with Gasteiger partial charge in [-0.25, -0.2) is 8.42 Å². The van der Waals surface area contributed by atoms with Crippen LogP contribution in [0, 0.1) is 5.92 Å². The SMILES string of the molecule is CCN1CCN(S(=O)(=O)c2cccc(NC(=O)C3CC(=O)N(c4cccc(Cl)c4)C3)c2)CC1. The molecule has 2 fully saturated rings. The van der Waals surface area contributed by atoms with Crippen LogP contribution < -0.4 is 10.2 Å². The Hall–Kier alpha value is -2.46. The highest BCUT2D eigenvalue weighted by molar-refractivity contribution is 7.89. The number of hydrogen-bond donors (Lipinski definition) is 1. The van der Waals surface area contributed by atoms with Crippen molar-refractivity contribution in [1.82, 2.24) is 9.21 Å². The summed E-state index contributed by atoms with van der Waals surface area (Å²) in [4.78, 5) is 29.2. The topological polar surface area (TPSA) is 90.0 Å². The maximum atomic E-state index is 13.1. The van der Waals surface area contributed by atoms with Gasteiger partial charge in [-0.15, -0.1) is 0 Å². The zero-order valence-corrected chi connectivity index (χ0v) is 20.0. The molecule has 4 rings (SSSR count). The molecule has 2 saturated heterocycles. The van der Waals surface area contributed by atoms with Gasteiger partial charge in [-0.05, 0) is 42.9 Å². The van der Waals surface area contributed by atoms with Crippen LogP contribution in [-0.2, 0) is 19.6 Å². The third-order valence-corrected chi connectivity index (χ3v) is 8.26. The second-order valence-corrected chi connectivity index (χ2v) is 10.6. The summed E-state index contributed by atoms with van der Waals surface area (Å²) in [5.74, 6) is -1.02. The van der Waals surface area contributed by atoms with Crippen molar-refractivity contribution in [2.24, 2.45) is 5.92 Å². The molecule has 2 amide bonds. The van der Waals surface area contributed by atoms with E-state index in [4.69, 9.17) is 11.6 Å². The molecule has 0 spiro atoms. The largest absolute Gasteiger partial charge is 0.326 e. The summed E-state index contributed by atoms with van der Waals surface area (Å²) < 4.78 is 27.6. The highest BCUT2D eigenvalue weighted by atomic mass is 35.5. The summed E-state index contributed by atoms with van der Waals surface area (Å²) >= 11 is 6.03. The molecule has 8 nitrogen and oxygen atoms in total. The summed E-state index contributed by atoms with van der Waals surface area (Å²) in [6.07, 6.45) is 0.0814. The van der Waals surface area contributed by atoms with Gasteiger partial charge < -0.3 is 15.1 Å². The summed E-state index contributed by atoms with van der Waals surface area (Å²) in [5.41, 5.74) is 1.04. The molecule has 1 unspecified atom stereocenters. The number of rotatable bonds is 6. The molecule has 2 aliphatic heterocycles. The van der Waals surface area contributed by atoms with Crippen LogP contribution in [0.4, 0.5) is 11.4 Å². The summed E-state index contributed by atoms with van der Waals surface area (Å²) in [7, 11) is -3.65. The van der Waals surface area contributed by atoms with Crippen LogP contribution in [-0.4, -0.2) is 68.7 Å². The predicted octanol–water partition coefficient (Wildman–Crippen LogP) is 2.66. The number of hydrogen-bond acceptors (Lipinski definition) is 5. The Kier molecular flexibility index (Phi) is 7.04. The Labute approximate surface area is 199 Å². The molecule has 176 valence electrons. The van der Waals surface area contributed by atoms with E-state index in [1.54, 1.807) is 41.3 Å². The lowest BCUT2D eigenvalue weighted by atomic mass is 10.1. The molecule has 33 heavy (non-hydrogen) atoms. The Morgan fingerprint density at radius 2 is 1.82 bits per heavy atom. The van der Waals surface area contributed by atoms with Crippen LogP contribution >= 0.6 is 11.6 Å². The van der Waals surface area contributed by atoms with Crippen molar-refractivity contribution in [3.05, 3.63) is 53.6 Å². The molecule has 0 aliphatic carbocycles. The van der Waals surface area contributed by atoms with Crippen molar-refractivity contribution in [3.8, 4) is 0 Å². The number of piperazine rings is 1. The number of sulfonamides is 1. The van der Waals surface area contributed by atoms with Gasteiger partial charge in [0.15, 0.2) is 0 Å². The summed E-state index contributed by atoms with van der Waals surface area (Å²) in [5, 5.41) is 3.30. The smallest absolute Gasteiger partial charge is 0.243 e. The molecular weight excluding hydrogens is 464 g/mol. The fourth-order valence-corrected chi connectivity index (χ4v) is 5.84. The zero-order chi connectivity index (χ0) is 23.6. The second-order valence-electron chi connectivity index (χ2n) is 8.24. The standard InChI is InChI=1S/C23H27ClN4O4S/c1-2-26-9-11-27(12-10-26)33(31,32)21-8-4-6-19(15-21)25-23(30)17-13-22(29)28(16-17)20-7-3-5-18(24)14-20/h3-8,14-15,17H,2,9-13,16H2,1H3,(H,25,30). The van der Waals surface area contributed by atoms with Gasteiger partial charge in [0.2, 0.25) is 21.8 Å². The average molecular weight is 491 g/mol. The van der Waals surface area contributed by atoms with Gasteiger partial charge in [-0.1, -0.05) is 30.7 Å². The minimum Gasteiger partial charge on any atom is -0.326 e. The molecule has 0 saturated carbocycles. The van der Waals surface area contributed by atoms with Gasteiger partial charge in [0.25, 0.3) is 0 Å². The van der Waals surface area contributed by atoms with E-state index in [1.165, 1.54) is 16.4 Å². The van der Waals surface area contributed by atoms with Crippen LogP contribution in [0.15, 0.2) is 53.4 Å². The second kappa shape index (κ2) is 9.80. The van der Waals surface area contributed by atoms with E-state index in [0.717, 1.165) is 6.54 Å². The monoisotopic (exact) mass is 490 g/mol. The third-order valence-electron chi connectivity index (χ3n) is 6.13. The molecule has 0 aromatic heterocycles. The summed E-state index contributed by atoms with van der Waals surface area (Å²) in [6, 6.07) is 13.2. The number of benzene rings is 2. The van der Waals surface area contributed by atoms with Crippen LogP contribution in [0.2, 0.25) is 5.02 Å². The van der Waals surface area contributed by atoms with Gasteiger partial charge in [-0.2, -0.15) is 4.31 Å². The number of carbonyl (C=O) groups excluding carboxylic acids is 2. The highest BCUT2D eigenvalue weighted by Gasteiger charge is 2.35. The normalized spacial score (nSPS) is 20.2. The lowest BCUT2D eigenvalue weighted by Gasteiger charge is -2.33. The van der Waals surface area contributed by atoms with E-state index < -0.39 is 15.9 Å². The first-order chi connectivity index (χ1) is 15.8. The molecule has 0 radical (unpaired) electrons. The number of anilines is 2. The van der Waals surface area contributed by atoms with Crippen molar-refractivity contribution >= 4 is 44.8 Å². The van der Waals surface area contributed by atoms with E-state index in [-0.39, 0.29) is 29.7 Å². The minimum atomic E-state index is -3.65. The molecule has 2 aromatic rings. The van der Waals surface area contributed by atoms with Crippen LogP contribution in [0.1, 0.15) is 13.3 Å². The molecule has 2 aliphatic rings. The maximum absolute atomic E-state index is 13.1. The number of nitrogens with one attached hydrogen (secondary N) is 1. The number of nitrogens with zero attached hydrogens (tertiary/aromatic N) is 3. The van der Waals surface area contributed by atoms with E-state index in [9.17, 15) is 18.0 Å². The Balaban J connectivity index is 1.43. The lowest BCUT2D eigenvalue weighted by molar-refractivity contribution is -0.122. The van der Waals surface area contributed by atoms with E-state index in [2.05, 4.69) is 17.1 Å². The fraction of sp³-hybridized carbons (Fsp3) is 0.391. The highest BCUT2D eigenvalue weighted by Crippen LogP contribution is 2.28. The number of halogens is 1. The minimum absolute atomic E-state index is 0.0814. The number of carbonyl (C=O) groups is 2. The Bertz CT molecular complexity index is 1150. The number of amides is 2. The molecule has 10 heteroatoms. The molecule has 2 aromatic carbocycles. The van der Waals surface area contributed by atoms with Crippen molar-refractivity contribution in [2.45, 2.75) is 18.2 Å². The molecule has 1 atom stereocenters. The first kappa shape index (κ1) is 23.7.